The van der Waals surface area contributed by atoms with Gasteiger partial charge in [-0.1, -0.05) is 33.6 Å². The minimum Gasteiger partial charge on any atom is -0.370 e. The first-order valence-corrected chi connectivity index (χ1v) is 8.01. The van der Waals surface area contributed by atoms with Crippen molar-refractivity contribution in [2.75, 3.05) is 0 Å². The predicted octanol–water partition coefficient (Wildman–Crippen LogP) is 1.99. The zero-order chi connectivity index (χ0) is 16.0. The molecule has 5 nitrogen and oxygen atoms in total. The van der Waals surface area contributed by atoms with E-state index in [1.54, 1.807) is 0 Å². The van der Waals surface area contributed by atoms with Crippen LogP contribution in [0.4, 0.5) is 0 Å². The van der Waals surface area contributed by atoms with Gasteiger partial charge in [0.05, 0.1) is 12.1 Å². The number of nitrogens with zero attached hydrogens (tertiary/aromatic N) is 2. The summed E-state index contributed by atoms with van der Waals surface area (Å²) in [6.07, 6.45) is 5.79. The van der Waals surface area contributed by atoms with E-state index in [9.17, 15) is 4.79 Å². The van der Waals surface area contributed by atoms with Gasteiger partial charge in [-0.05, 0) is 31.4 Å². The second-order valence-corrected chi connectivity index (χ2v) is 6.07. The van der Waals surface area contributed by atoms with E-state index in [0.29, 0.717) is 5.92 Å². The predicted molar refractivity (Wildman–Crippen MR) is 88.4 cm³/mol. The van der Waals surface area contributed by atoms with Gasteiger partial charge in [0.1, 0.15) is 6.29 Å². The van der Waals surface area contributed by atoms with Gasteiger partial charge in [0.2, 0.25) is 0 Å². The Labute approximate surface area is 128 Å². The van der Waals surface area contributed by atoms with Crippen LogP contribution in [0.2, 0.25) is 0 Å². The van der Waals surface area contributed by atoms with E-state index in [2.05, 4.69) is 25.8 Å². The normalized spacial score (nSPS) is 30.7. The van der Waals surface area contributed by atoms with Crippen LogP contribution in [-0.2, 0) is 4.79 Å². The van der Waals surface area contributed by atoms with Crippen molar-refractivity contribution in [3.05, 3.63) is 0 Å². The third-order valence-corrected chi connectivity index (χ3v) is 4.98. The minimum atomic E-state index is -0.00509. The van der Waals surface area contributed by atoms with Crippen LogP contribution in [0.1, 0.15) is 47.0 Å². The van der Waals surface area contributed by atoms with E-state index < -0.39 is 0 Å². The Kier molecular flexibility index (Phi) is 6.85. The molecule has 0 aromatic rings. The Bertz CT molecular complexity index is 386. The average Bonchev–Trinajstić information content (AvgIpc) is 2.74. The molecule has 5 atom stereocenters. The highest BCUT2D eigenvalue weighted by atomic mass is 16.1. The topological polar surface area (TPSA) is 93.8 Å². The third kappa shape index (κ3) is 4.05. The number of hydrogen-bond donors (Lipinski definition) is 2. The highest BCUT2D eigenvalue weighted by Gasteiger charge is 2.46. The molecule has 1 rings (SSSR count). The molecule has 0 radical (unpaired) electrons. The van der Waals surface area contributed by atoms with E-state index in [1.165, 1.54) is 0 Å². The van der Waals surface area contributed by atoms with Gasteiger partial charge in [-0.2, -0.15) is 0 Å². The summed E-state index contributed by atoms with van der Waals surface area (Å²) in [5, 5.41) is 0. The number of aldehydes is 1. The second kappa shape index (κ2) is 8.15. The quantitative estimate of drug-likeness (QED) is 0.427. The SMILES string of the molecule is CC=NC(C(CC)CC)[C@@H]1[C@H](C)[C@@H](C=O)C[C@H]1N=C(N)N. The Morgan fingerprint density at radius 3 is 2.38 bits per heavy atom. The standard InChI is InChI=1S/C16H30N4O/c1-5-11(6-2)15(19-7-3)14-10(4)12(9-21)8-13(14)20-16(17)18/h7,9-15H,5-6,8H2,1-4H3,(H4,17,18,20)/t10-,12-,13-,14-,15?/m1/s1. The van der Waals surface area contributed by atoms with Crippen molar-refractivity contribution in [2.45, 2.75) is 59.0 Å². The van der Waals surface area contributed by atoms with Crippen molar-refractivity contribution in [3.63, 3.8) is 0 Å². The summed E-state index contributed by atoms with van der Waals surface area (Å²) in [4.78, 5) is 20.5. The van der Waals surface area contributed by atoms with Gasteiger partial charge < -0.3 is 16.3 Å². The molecular weight excluding hydrogens is 264 g/mol. The zero-order valence-electron chi connectivity index (χ0n) is 13.7. The third-order valence-electron chi connectivity index (χ3n) is 4.98. The maximum Gasteiger partial charge on any atom is 0.186 e. The van der Waals surface area contributed by atoms with Crippen molar-refractivity contribution in [1.82, 2.24) is 0 Å². The van der Waals surface area contributed by atoms with E-state index in [1.807, 2.05) is 13.1 Å². The molecule has 0 spiro atoms. The van der Waals surface area contributed by atoms with Gasteiger partial charge in [-0.15, -0.1) is 0 Å². The lowest BCUT2D eigenvalue weighted by atomic mass is 9.77. The molecule has 1 saturated carbocycles. The lowest BCUT2D eigenvalue weighted by Crippen LogP contribution is -2.37. The van der Waals surface area contributed by atoms with Crippen molar-refractivity contribution >= 4 is 18.5 Å². The number of carbonyl (C=O) groups is 1. The number of carbonyl (C=O) groups excluding carboxylic acids is 1. The molecule has 0 aromatic heterocycles. The minimum absolute atomic E-state index is 0.00509. The molecule has 0 amide bonds. The van der Waals surface area contributed by atoms with Crippen molar-refractivity contribution in [1.29, 1.82) is 0 Å². The van der Waals surface area contributed by atoms with E-state index in [4.69, 9.17) is 16.5 Å². The monoisotopic (exact) mass is 294 g/mol. The van der Waals surface area contributed by atoms with Gasteiger partial charge in [0.25, 0.3) is 0 Å². The molecule has 1 fully saturated rings. The molecule has 21 heavy (non-hydrogen) atoms. The highest BCUT2D eigenvalue weighted by Crippen LogP contribution is 2.43. The van der Waals surface area contributed by atoms with E-state index in [0.717, 1.165) is 25.5 Å². The maximum atomic E-state index is 11.3. The van der Waals surface area contributed by atoms with Gasteiger partial charge in [0, 0.05) is 11.8 Å². The van der Waals surface area contributed by atoms with Crippen LogP contribution in [0.15, 0.2) is 9.98 Å². The van der Waals surface area contributed by atoms with Crippen molar-refractivity contribution < 1.29 is 4.79 Å². The molecule has 0 saturated heterocycles. The van der Waals surface area contributed by atoms with E-state index >= 15 is 0 Å². The summed E-state index contributed by atoms with van der Waals surface area (Å²) < 4.78 is 0. The fourth-order valence-electron chi connectivity index (χ4n) is 3.81. The largest absolute Gasteiger partial charge is 0.370 e. The Hall–Kier alpha value is -1.39. The number of guanidine groups is 1. The number of rotatable bonds is 7. The molecular formula is C16H30N4O. The number of hydrogen-bond acceptors (Lipinski definition) is 3. The summed E-state index contributed by atoms with van der Waals surface area (Å²) in [6, 6.07) is 0.174. The molecule has 1 aliphatic carbocycles. The smallest absolute Gasteiger partial charge is 0.186 e. The van der Waals surface area contributed by atoms with Crippen LogP contribution < -0.4 is 11.5 Å². The first kappa shape index (κ1) is 17.7. The molecule has 0 aliphatic heterocycles. The lowest BCUT2D eigenvalue weighted by molar-refractivity contribution is -0.112. The Morgan fingerprint density at radius 2 is 1.95 bits per heavy atom. The van der Waals surface area contributed by atoms with Crippen molar-refractivity contribution in [2.24, 2.45) is 45.1 Å². The second-order valence-electron chi connectivity index (χ2n) is 6.07. The summed E-state index contributed by atoms with van der Waals surface area (Å²) in [5.74, 6) is 1.10. The summed E-state index contributed by atoms with van der Waals surface area (Å²) in [6.45, 7) is 8.46. The number of nitrogens with two attached hydrogens (primary N) is 2. The zero-order valence-corrected chi connectivity index (χ0v) is 13.7. The molecule has 0 aromatic carbocycles. The highest BCUT2D eigenvalue weighted by molar-refractivity contribution is 5.76. The maximum absolute atomic E-state index is 11.3. The first-order valence-electron chi connectivity index (χ1n) is 8.01. The van der Waals surface area contributed by atoms with E-state index in [-0.39, 0.29) is 35.8 Å². The summed E-state index contributed by atoms with van der Waals surface area (Å²) in [5.41, 5.74) is 11.2. The molecule has 5 heteroatoms. The van der Waals surface area contributed by atoms with Crippen LogP contribution in [0.3, 0.4) is 0 Å². The fraction of sp³-hybridized carbons (Fsp3) is 0.812. The van der Waals surface area contributed by atoms with Crippen LogP contribution in [0, 0.1) is 23.7 Å². The van der Waals surface area contributed by atoms with Gasteiger partial charge in [0.15, 0.2) is 5.96 Å². The fourth-order valence-corrected chi connectivity index (χ4v) is 3.81. The van der Waals surface area contributed by atoms with Crippen LogP contribution >= 0.6 is 0 Å². The van der Waals surface area contributed by atoms with Gasteiger partial charge >= 0.3 is 0 Å². The molecule has 120 valence electrons. The van der Waals surface area contributed by atoms with Crippen LogP contribution in [-0.4, -0.2) is 30.5 Å². The first-order chi connectivity index (χ1) is 9.99. The molecule has 4 N–H and O–H groups in total. The summed E-state index contributed by atoms with van der Waals surface area (Å²) in [7, 11) is 0. The van der Waals surface area contributed by atoms with Crippen LogP contribution in [0.5, 0.6) is 0 Å². The molecule has 1 unspecified atom stereocenters. The van der Waals surface area contributed by atoms with Gasteiger partial charge in [-0.3, -0.25) is 4.99 Å². The Morgan fingerprint density at radius 1 is 1.33 bits per heavy atom. The molecule has 1 aliphatic rings. The average molecular weight is 294 g/mol. The van der Waals surface area contributed by atoms with Crippen LogP contribution in [0.25, 0.3) is 0 Å². The molecule has 0 heterocycles. The van der Waals surface area contributed by atoms with Crippen molar-refractivity contribution in [3.8, 4) is 0 Å². The summed E-state index contributed by atoms with van der Waals surface area (Å²) >= 11 is 0. The Balaban J connectivity index is 3.15. The lowest BCUT2D eigenvalue weighted by Gasteiger charge is -2.32. The molecule has 0 bridgehead atoms. The number of aliphatic imine (C=N–C) groups is 2. The van der Waals surface area contributed by atoms with Gasteiger partial charge in [-0.25, -0.2) is 4.99 Å².